The third kappa shape index (κ3) is 5.30. The normalized spacial score (nSPS) is 15.5. The number of carbonyl (C=O) groups is 1. The van der Waals surface area contributed by atoms with E-state index < -0.39 is 4.92 Å². The third-order valence-corrected chi connectivity index (χ3v) is 5.25. The van der Waals surface area contributed by atoms with Crippen molar-refractivity contribution in [2.45, 2.75) is 12.8 Å². The standard InChI is InChI=1S/C21H26N4O4/c1-29-15-21(9-11-22-12-10-21)14-23-20(26)16-7-8-18(19(13-16)25(27)28)24-17-5-3-2-4-6-17/h2-8,13,22,24H,9-12,14-15H2,1H3,(H,23,26). The Balaban J connectivity index is 1.73. The van der Waals surface area contributed by atoms with Gasteiger partial charge >= 0.3 is 0 Å². The molecule has 1 amide bonds. The fourth-order valence-corrected chi connectivity index (χ4v) is 3.61. The lowest BCUT2D eigenvalue weighted by Crippen LogP contribution is -2.47. The molecule has 3 rings (SSSR count). The molecule has 0 bridgehead atoms. The molecule has 1 heterocycles. The Morgan fingerprint density at radius 2 is 1.93 bits per heavy atom. The van der Waals surface area contributed by atoms with Crippen molar-refractivity contribution in [3.05, 3.63) is 64.2 Å². The number of nitrogens with zero attached hydrogens (tertiary/aromatic N) is 1. The van der Waals surface area contributed by atoms with Crippen LogP contribution in [-0.4, -0.2) is 44.2 Å². The average Bonchev–Trinajstić information content (AvgIpc) is 2.74. The van der Waals surface area contributed by atoms with Crippen LogP contribution >= 0.6 is 0 Å². The Kier molecular flexibility index (Phi) is 6.79. The van der Waals surface area contributed by atoms with Crippen molar-refractivity contribution in [1.82, 2.24) is 10.6 Å². The number of benzene rings is 2. The van der Waals surface area contributed by atoms with Crippen LogP contribution in [0.5, 0.6) is 0 Å². The smallest absolute Gasteiger partial charge is 0.293 e. The summed E-state index contributed by atoms with van der Waals surface area (Å²) in [6.45, 7) is 2.79. The van der Waals surface area contributed by atoms with Crippen LogP contribution in [0.3, 0.4) is 0 Å². The van der Waals surface area contributed by atoms with Gasteiger partial charge in [-0.25, -0.2) is 0 Å². The van der Waals surface area contributed by atoms with Crippen molar-refractivity contribution >= 4 is 23.0 Å². The van der Waals surface area contributed by atoms with Crippen LogP contribution in [0.15, 0.2) is 48.5 Å². The molecule has 1 aliphatic rings. The minimum absolute atomic E-state index is 0.115. The highest BCUT2D eigenvalue weighted by Gasteiger charge is 2.32. The lowest BCUT2D eigenvalue weighted by Gasteiger charge is -2.37. The number of nitro groups is 1. The molecule has 3 N–H and O–H groups in total. The summed E-state index contributed by atoms with van der Waals surface area (Å²) in [6.07, 6.45) is 1.81. The summed E-state index contributed by atoms with van der Waals surface area (Å²) in [5.74, 6) is -0.326. The Bertz CT molecular complexity index is 846. The molecule has 0 saturated carbocycles. The van der Waals surface area contributed by atoms with E-state index in [4.69, 9.17) is 4.74 Å². The molecule has 1 saturated heterocycles. The van der Waals surface area contributed by atoms with Crippen molar-refractivity contribution in [3.8, 4) is 0 Å². The van der Waals surface area contributed by atoms with Gasteiger partial charge in [0, 0.05) is 36.4 Å². The van der Waals surface area contributed by atoms with E-state index in [0.29, 0.717) is 18.8 Å². The van der Waals surface area contributed by atoms with Crippen LogP contribution in [0.25, 0.3) is 0 Å². The number of piperidine rings is 1. The SMILES string of the molecule is COCC1(CNC(=O)c2ccc(Nc3ccccc3)c([N+](=O)[O-])c2)CCNCC1. The van der Waals surface area contributed by atoms with E-state index in [9.17, 15) is 14.9 Å². The van der Waals surface area contributed by atoms with Crippen LogP contribution in [-0.2, 0) is 4.74 Å². The number of para-hydroxylation sites is 1. The second-order valence-electron chi connectivity index (χ2n) is 7.35. The summed E-state index contributed by atoms with van der Waals surface area (Å²) < 4.78 is 5.37. The molecule has 8 heteroatoms. The van der Waals surface area contributed by atoms with Crippen LogP contribution in [0.2, 0.25) is 0 Å². The molecule has 0 aromatic heterocycles. The minimum Gasteiger partial charge on any atom is -0.384 e. The first-order chi connectivity index (χ1) is 14.0. The second-order valence-corrected chi connectivity index (χ2v) is 7.35. The lowest BCUT2D eigenvalue weighted by atomic mass is 9.79. The molecular formula is C21H26N4O4. The predicted octanol–water partition coefficient (Wildman–Crippen LogP) is 3.08. The van der Waals surface area contributed by atoms with E-state index in [1.807, 2.05) is 30.3 Å². The van der Waals surface area contributed by atoms with Crippen molar-refractivity contribution in [2.75, 3.05) is 38.7 Å². The summed E-state index contributed by atoms with van der Waals surface area (Å²) in [7, 11) is 1.66. The zero-order valence-corrected chi connectivity index (χ0v) is 16.4. The van der Waals surface area contributed by atoms with Crippen molar-refractivity contribution < 1.29 is 14.5 Å². The Labute approximate surface area is 169 Å². The van der Waals surface area contributed by atoms with Gasteiger partial charge in [-0.1, -0.05) is 18.2 Å². The van der Waals surface area contributed by atoms with E-state index in [1.165, 1.54) is 6.07 Å². The van der Waals surface area contributed by atoms with Gasteiger partial charge < -0.3 is 20.7 Å². The van der Waals surface area contributed by atoms with Crippen LogP contribution in [0.4, 0.5) is 17.1 Å². The monoisotopic (exact) mass is 398 g/mol. The van der Waals surface area contributed by atoms with Gasteiger partial charge in [0.25, 0.3) is 11.6 Å². The molecule has 0 radical (unpaired) electrons. The van der Waals surface area contributed by atoms with Gasteiger partial charge in [0.2, 0.25) is 0 Å². The van der Waals surface area contributed by atoms with E-state index in [-0.39, 0.29) is 22.6 Å². The number of carbonyl (C=O) groups excluding carboxylic acids is 1. The average molecular weight is 398 g/mol. The topological polar surface area (TPSA) is 106 Å². The van der Waals surface area contributed by atoms with Gasteiger partial charge in [-0.05, 0) is 50.2 Å². The van der Waals surface area contributed by atoms with Gasteiger partial charge in [0.15, 0.2) is 0 Å². The first kappa shape index (κ1) is 20.8. The summed E-state index contributed by atoms with van der Waals surface area (Å²) >= 11 is 0. The third-order valence-electron chi connectivity index (χ3n) is 5.25. The van der Waals surface area contributed by atoms with Crippen LogP contribution in [0, 0.1) is 15.5 Å². The largest absolute Gasteiger partial charge is 0.384 e. The summed E-state index contributed by atoms with van der Waals surface area (Å²) in [4.78, 5) is 23.7. The molecular weight excluding hydrogens is 372 g/mol. The highest BCUT2D eigenvalue weighted by Crippen LogP contribution is 2.30. The Morgan fingerprint density at radius 1 is 1.21 bits per heavy atom. The molecule has 1 aliphatic heterocycles. The lowest BCUT2D eigenvalue weighted by molar-refractivity contribution is -0.383. The molecule has 0 unspecified atom stereocenters. The second kappa shape index (κ2) is 9.49. The number of nitro benzene ring substituents is 1. The summed E-state index contributed by atoms with van der Waals surface area (Å²) in [6, 6.07) is 13.7. The van der Waals surface area contributed by atoms with Crippen LogP contribution in [0.1, 0.15) is 23.2 Å². The van der Waals surface area contributed by atoms with Gasteiger partial charge in [-0.3, -0.25) is 14.9 Å². The molecule has 8 nitrogen and oxygen atoms in total. The number of hydrogen-bond donors (Lipinski definition) is 3. The maximum atomic E-state index is 12.7. The molecule has 154 valence electrons. The zero-order valence-electron chi connectivity index (χ0n) is 16.4. The first-order valence-electron chi connectivity index (χ1n) is 9.61. The fraction of sp³-hybridized carbons (Fsp3) is 0.381. The number of ether oxygens (including phenoxy) is 1. The van der Waals surface area contributed by atoms with Gasteiger partial charge in [-0.15, -0.1) is 0 Å². The predicted molar refractivity (Wildman–Crippen MR) is 112 cm³/mol. The molecule has 0 aliphatic carbocycles. The highest BCUT2D eigenvalue weighted by atomic mass is 16.6. The first-order valence-corrected chi connectivity index (χ1v) is 9.61. The quantitative estimate of drug-likeness (QED) is 0.466. The number of hydrogen-bond acceptors (Lipinski definition) is 6. The number of rotatable bonds is 8. The number of amides is 1. The molecule has 29 heavy (non-hydrogen) atoms. The van der Waals surface area contributed by atoms with Crippen LogP contribution < -0.4 is 16.0 Å². The molecule has 2 aromatic rings. The van der Waals surface area contributed by atoms with E-state index in [2.05, 4.69) is 16.0 Å². The van der Waals surface area contributed by atoms with Crippen molar-refractivity contribution in [2.24, 2.45) is 5.41 Å². The van der Waals surface area contributed by atoms with E-state index in [1.54, 1.807) is 19.2 Å². The number of nitrogens with one attached hydrogen (secondary N) is 3. The van der Waals surface area contributed by atoms with Crippen molar-refractivity contribution in [1.29, 1.82) is 0 Å². The van der Waals surface area contributed by atoms with E-state index in [0.717, 1.165) is 31.6 Å². The van der Waals surface area contributed by atoms with Gasteiger partial charge in [-0.2, -0.15) is 0 Å². The number of anilines is 2. The highest BCUT2D eigenvalue weighted by molar-refractivity contribution is 5.96. The Morgan fingerprint density at radius 3 is 2.59 bits per heavy atom. The van der Waals surface area contributed by atoms with Gasteiger partial charge in [0.05, 0.1) is 11.5 Å². The Hall–Kier alpha value is -2.97. The summed E-state index contributed by atoms with van der Waals surface area (Å²) in [5.41, 5.74) is 1.08. The fourth-order valence-electron chi connectivity index (χ4n) is 3.61. The maximum Gasteiger partial charge on any atom is 0.293 e. The van der Waals surface area contributed by atoms with E-state index >= 15 is 0 Å². The molecule has 1 fully saturated rings. The van der Waals surface area contributed by atoms with Crippen molar-refractivity contribution in [3.63, 3.8) is 0 Å². The molecule has 2 aromatic carbocycles. The molecule has 0 atom stereocenters. The minimum atomic E-state index is -0.485. The maximum absolute atomic E-state index is 12.7. The molecule has 0 spiro atoms. The summed E-state index contributed by atoms with van der Waals surface area (Å²) in [5, 5.41) is 20.8. The zero-order chi connectivity index (χ0) is 20.7. The van der Waals surface area contributed by atoms with Gasteiger partial charge in [0.1, 0.15) is 5.69 Å². The number of methoxy groups -OCH3 is 1.